The zero-order valence-corrected chi connectivity index (χ0v) is 21.9. The SMILES string of the molecule is Cl.O=C(CNC(=O)c1ccc(S(=O)(=O)Nc2ccccc2-c2ccccc2)cc1)NCC1CCNCC1. The van der Waals surface area contributed by atoms with Crippen molar-refractivity contribution in [3.05, 3.63) is 84.4 Å². The first kappa shape index (κ1) is 28.2. The normalized spacial score (nSPS) is 13.7. The number of rotatable bonds is 9. The second kappa shape index (κ2) is 13.2. The first-order valence-corrected chi connectivity index (χ1v) is 13.4. The van der Waals surface area contributed by atoms with Crippen molar-refractivity contribution in [2.75, 3.05) is 30.9 Å². The summed E-state index contributed by atoms with van der Waals surface area (Å²) in [6.45, 7) is 2.38. The number of hydrogen-bond acceptors (Lipinski definition) is 5. The van der Waals surface area contributed by atoms with E-state index >= 15 is 0 Å². The van der Waals surface area contributed by atoms with E-state index in [0.29, 0.717) is 18.2 Å². The third-order valence-electron chi connectivity index (χ3n) is 6.14. The lowest BCUT2D eigenvalue weighted by Gasteiger charge is -2.22. The number of piperidine rings is 1. The molecule has 0 aromatic heterocycles. The summed E-state index contributed by atoms with van der Waals surface area (Å²) >= 11 is 0. The number of carbonyl (C=O) groups is 2. The highest BCUT2D eigenvalue weighted by Crippen LogP contribution is 2.29. The summed E-state index contributed by atoms with van der Waals surface area (Å²) in [7, 11) is -3.88. The largest absolute Gasteiger partial charge is 0.354 e. The Kier molecular flexibility index (Phi) is 10.1. The maximum atomic E-state index is 13.0. The number of benzene rings is 3. The highest BCUT2D eigenvalue weighted by molar-refractivity contribution is 7.92. The minimum absolute atomic E-state index is 0. The molecule has 3 aromatic rings. The molecular formula is C27H31ClN4O4S. The third-order valence-corrected chi connectivity index (χ3v) is 7.52. The smallest absolute Gasteiger partial charge is 0.261 e. The summed E-state index contributed by atoms with van der Waals surface area (Å²) < 4.78 is 28.7. The summed E-state index contributed by atoms with van der Waals surface area (Å²) in [5, 5.41) is 8.72. The van der Waals surface area contributed by atoms with Gasteiger partial charge >= 0.3 is 0 Å². The molecule has 37 heavy (non-hydrogen) atoms. The van der Waals surface area contributed by atoms with Crippen LogP contribution in [0.2, 0.25) is 0 Å². The molecule has 0 unspecified atom stereocenters. The molecule has 4 rings (SSSR count). The van der Waals surface area contributed by atoms with Crippen molar-refractivity contribution in [3.63, 3.8) is 0 Å². The van der Waals surface area contributed by atoms with E-state index in [1.54, 1.807) is 12.1 Å². The topological polar surface area (TPSA) is 116 Å². The van der Waals surface area contributed by atoms with Crippen LogP contribution in [0, 0.1) is 5.92 Å². The second-order valence-corrected chi connectivity index (χ2v) is 10.4. The number of nitrogens with one attached hydrogen (secondary N) is 4. The van der Waals surface area contributed by atoms with Gasteiger partial charge in [0.15, 0.2) is 0 Å². The average Bonchev–Trinajstić information content (AvgIpc) is 2.92. The van der Waals surface area contributed by atoms with Crippen LogP contribution in [-0.4, -0.2) is 46.4 Å². The van der Waals surface area contributed by atoms with E-state index < -0.39 is 15.9 Å². The average molecular weight is 543 g/mol. The Morgan fingerprint density at radius 2 is 1.49 bits per heavy atom. The molecule has 0 atom stereocenters. The Labute approximate surface area is 223 Å². The lowest BCUT2D eigenvalue weighted by Crippen LogP contribution is -2.40. The van der Waals surface area contributed by atoms with Crippen LogP contribution in [0.1, 0.15) is 23.2 Å². The summed E-state index contributed by atoms with van der Waals surface area (Å²) in [4.78, 5) is 24.6. The summed E-state index contributed by atoms with van der Waals surface area (Å²) in [6, 6.07) is 22.3. The highest BCUT2D eigenvalue weighted by Gasteiger charge is 2.18. The zero-order valence-electron chi connectivity index (χ0n) is 20.3. The minimum Gasteiger partial charge on any atom is -0.354 e. The molecule has 1 heterocycles. The van der Waals surface area contributed by atoms with E-state index in [-0.39, 0.29) is 35.3 Å². The van der Waals surface area contributed by atoms with Crippen LogP contribution in [0.3, 0.4) is 0 Å². The van der Waals surface area contributed by atoms with Gasteiger partial charge in [0.1, 0.15) is 0 Å². The van der Waals surface area contributed by atoms with Crippen LogP contribution >= 0.6 is 12.4 Å². The number of amides is 2. The lowest BCUT2D eigenvalue weighted by molar-refractivity contribution is -0.120. The first-order valence-electron chi connectivity index (χ1n) is 12.0. The maximum Gasteiger partial charge on any atom is 0.261 e. The van der Waals surface area contributed by atoms with Gasteiger partial charge in [-0.25, -0.2) is 8.42 Å². The van der Waals surface area contributed by atoms with Gasteiger partial charge in [0.25, 0.3) is 15.9 Å². The second-order valence-electron chi connectivity index (χ2n) is 8.72. The fourth-order valence-corrected chi connectivity index (χ4v) is 5.18. The van der Waals surface area contributed by atoms with Crippen LogP contribution < -0.4 is 20.7 Å². The minimum atomic E-state index is -3.88. The van der Waals surface area contributed by atoms with E-state index in [0.717, 1.165) is 37.1 Å². The van der Waals surface area contributed by atoms with Gasteiger partial charge < -0.3 is 16.0 Å². The molecular weight excluding hydrogens is 512 g/mol. The van der Waals surface area contributed by atoms with Gasteiger partial charge in [-0.15, -0.1) is 12.4 Å². The van der Waals surface area contributed by atoms with Crippen molar-refractivity contribution in [2.24, 2.45) is 5.92 Å². The monoisotopic (exact) mass is 542 g/mol. The van der Waals surface area contributed by atoms with Gasteiger partial charge in [-0.2, -0.15) is 0 Å². The fourth-order valence-electron chi connectivity index (χ4n) is 4.10. The standard InChI is InChI=1S/C27H30N4O4S.ClH/c32-26(29-18-20-14-16-28-17-15-20)19-30-27(33)22-10-12-23(13-11-22)36(34,35)31-25-9-5-4-8-24(25)21-6-2-1-3-7-21;/h1-13,20,28,31H,14-19H2,(H,29,32)(H,30,33);1H. The Hall–Kier alpha value is -3.40. The maximum absolute atomic E-state index is 13.0. The Bertz CT molecular complexity index is 1300. The molecule has 1 fully saturated rings. The number of anilines is 1. The number of halogens is 1. The Balaban J connectivity index is 0.00000380. The van der Waals surface area contributed by atoms with Crippen LogP contribution in [0.5, 0.6) is 0 Å². The summed E-state index contributed by atoms with van der Waals surface area (Å²) in [5.41, 5.74) is 2.38. The predicted octanol–water partition coefficient (Wildman–Crippen LogP) is 3.42. The third kappa shape index (κ3) is 7.79. The number of hydrogen-bond donors (Lipinski definition) is 4. The number of carbonyl (C=O) groups excluding carboxylic acids is 2. The van der Waals surface area contributed by atoms with Crippen molar-refractivity contribution in [2.45, 2.75) is 17.7 Å². The molecule has 1 saturated heterocycles. The molecule has 0 aliphatic carbocycles. The van der Waals surface area contributed by atoms with Gasteiger partial charge in [-0.05, 0) is 67.7 Å². The van der Waals surface area contributed by atoms with Gasteiger partial charge in [0.2, 0.25) is 5.91 Å². The molecule has 196 valence electrons. The molecule has 1 aliphatic heterocycles. The van der Waals surface area contributed by atoms with Crippen molar-refractivity contribution in [1.82, 2.24) is 16.0 Å². The van der Waals surface area contributed by atoms with E-state index in [1.165, 1.54) is 24.3 Å². The molecule has 4 N–H and O–H groups in total. The zero-order chi connectivity index (χ0) is 25.4. The molecule has 8 nitrogen and oxygen atoms in total. The van der Waals surface area contributed by atoms with Gasteiger partial charge in [-0.3, -0.25) is 14.3 Å². The van der Waals surface area contributed by atoms with Crippen LogP contribution in [-0.2, 0) is 14.8 Å². The van der Waals surface area contributed by atoms with Crippen molar-refractivity contribution >= 4 is 39.9 Å². The van der Waals surface area contributed by atoms with E-state index in [4.69, 9.17) is 0 Å². The van der Waals surface area contributed by atoms with E-state index in [2.05, 4.69) is 20.7 Å². The van der Waals surface area contributed by atoms with E-state index in [1.807, 2.05) is 42.5 Å². The fraction of sp³-hybridized carbons (Fsp3) is 0.259. The highest BCUT2D eigenvalue weighted by atomic mass is 35.5. The number of sulfonamides is 1. The molecule has 0 bridgehead atoms. The quantitative estimate of drug-likeness (QED) is 0.330. The lowest BCUT2D eigenvalue weighted by atomic mass is 9.98. The molecule has 10 heteroatoms. The van der Waals surface area contributed by atoms with Crippen LogP contribution in [0.4, 0.5) is 5.69 Å². The van der Waals surface area contributed by atoms with Crippen molar-refractivity contribution in [1.29, 1.82) is 0 Å². The van der Waals surface area contributed by atoms with Crippen LogP contribution in [0.15, 0.2) is 83.8 Å². The molecule has 1 aliphatic rings. The first-order chi connectivity index (χ1) is 17.4. The van der Waals surface area contributed by atoms with Gasteiger partial charge in [-0.1, -0.05) is 48.5 Å². The molecule has 2 amide bonds. The summed E-state index contributed by atoms with van der Waals surface area (Å²) in [6.07, 6.45) is 2.04. The van der Waals surface area contributed by atoms with Crippen molar-refractivity contribution < 1.29 is 18.0 Å². The Morgan fingerprint density at radius 3 is 2.19 bits per heavy atom. The van der Waals surface area contributed by atoms with Crippen LogP contribution in [0.25, 0.3) is 11.1 Å². The van der Waals surface area contributed by atoms with Crippen molar-refractivity contribution in [3.8, 4) is 11.1 Å². The molecule has 0 saturated carbocycles. The molecule has 0 spiro atoms. The molecule has 3 aromatic carbocycles. The Morgan fingerprint density at radius 1 is 0.838 bits per heavy atom. The number of para-hydroxylation sites is 1. The van der Waals surface area contributed by atoms with Gasteiger partial charge in [0, 0.05) is 17.7 Å². The molecule has 0 radical (unpaired) electrons. The predicted molar refractivity (Wildman–Crippen MR) is 147 cm³/mol. The van der Waals surface area contributed by atoms with Gasteiger partial charge in [0.05, 0.1) is 17.1 Å². The van der Waals surface area contributed by atoms with E-state index in [9.17, 15) is 18.0 Å². The summed E-state index contributed by atoms with van der Waals surface area (Å²) in [5.74, 6) is -0.241.